The first-order valence-electron chi connectivity index (χ1n) is 8.39. The van der Waals surface area contributed by atoms with Crippen molar-refractivity contribution < 1.29 is 28.3 Å². The molecule has 0 bridgehead atoms. The molecule has 1 aromatic carbocycles. The normalized spacial score (nSPS) is 12.8. The lowest BCUT2D eigenvalue weighted by Gasteiger charge is -2.04. The molecule has 0 unspecified atom stereocenters. The van der Waals surface area contributed by atoms with Crippen LogP contribution in [0.4, 0.5) is 0 Å². The molecule has 3 heterocycles. The zero-order chi connectivity index (χ0) is 19.3. The van der Waals surface area contributed by atoms with Gasteiger partial charge in [0, 0.05) is 5.56 Å². The van der Waals surface area contributed by atoms with E-state index in [4.69, 9.17) is 23.5 Å². The van der Waals surface area contributed by atoms with Crippen LogP contribution in [0.2, 0.25) is 0 Å². The highest BCUT2D eigenvalue weighted by atomic mass is 32.1. The third-order valence-electron chi connectivity index (χ3n) is 3.84. The number of nitrogens with zero attached hydrogens (tertiary/aromatic N) is 2. The minimum atomic E-state index is -0.553. The van der Waals surface area contributed by atoms with Gasteiger partial charge in [-0.15, -0.1) is 11.3 Å². The van der Waals surface area contributed by atoms with Gasteiger partial charge in [0.1, 0.15) is 18.6 Å². The fourth-order valence-corrected chi connectivity index (χ4v) is 3.09. The summed E-state index contributed by atoms with van der Waals surface area (Å²) in [6, 6.07) is 9.25. The lowest BCUT2D eigenvalue weighted by molar-refractivity contribution is -0.150. The molecule has 0 spiro atoms. The average Bonchev–Trinajstić information content (AvgIpc) is 3.46. The molecule has 0 radical (unpaired) electrons. The molecule has 3 aromatic rings. The fourth-order valence-electron chi connectivity index (χ4n) is 2.44. The van der Waals surface area contributed by atoms with Crippen LogP contribution in [-0.2, 0) is 21.0 Å². The molecule has 1 aliphatic heterocycles. The van der Waals surface area contributed by atoms with Crippen LogP contribution >= 0.6 is 11.3 Å². The zero-order valence-electron chi connectivity index (χ0n) is 14.9. The SMILES string of the molecule is C/C(=N\OCC(=O)OCc1coc(-c2cccs2)n1)c1ccc2c(c1)OCO2. The van der Waals surface area contributed by atoms with Crippen molar-refractivity contribution in [2.24, 2.45) is 5.16 Å². The van der Waals surface area contributed by atoms with Crippen molar-refractivity contribution in [3.8, 4) is 22.3 Å². The van der Waals surface area contributed by atoms with E-state index in [0.29, 0.717) is 28.8 Å². The van der Waals surface area contributed by atoms with Crippen LogP contribution in [0.25, 0.3) is 10.8 Å². The number of thiophene rings is 1. The van der Waals surface area contributed by atoms with Crippen molar-refractivity contribution in [3.05, 3.63) is 53.2 Å². The molecular weight excluding hydrogens is 384 g/mol. The smallest absolute Gasteiger partial charge is 0.347 e. The first kappa shape index (κ1) is 18.1. The number of esters is 1. The van der Waals surface area contributed by atoms with Gasteiger partial charge in [-0.05, 0) is 36.6 Å². The first-order valence-corrected chi connectivity index (χ1v) is 9.27. The van der Waals surface area contributed by atoms with Crippen LogP contribution < -0.4 is 9.47 Å². The van der Waals surface area contributed by atoms with Crippen molar-refractivity contribution in [1.29, 1.82) is 0 Å². The van der Waals surface area contributed by atoms with E-state index in [-0.39, 0.29) is 20.0 Å². The summed E-state index contributed by atoms with van der Waals surface area (Å²) in [6.07, 6.45) is 1.46. The predicted octanol–water partition coefficient (Wildman–Crippen LogP) is 3.62. The van der Waals surface area contributed by atoms with Crippen molar-refractivity contribution >= 4 is 23.0 Å². The van der Waals surface area contributed by atoms with Gasteiger partial charge in [-0.1, -0.05) is 11.2 Å². The average molecular weight is 400 g/mol. The fraction of sp³-hybridized carbons (Fsp3) is 0.211. The number of oxazole rings is 1. The number of hydrogen-bond acceptors (Lipinski definition) is 9. The topological polar surface area (TPSA) is 92.4 Å². The summed E-state index contributed by atoms with van der Waals surface area (Å²) in [7, 11) is 0. The van der Waals surface area contributed by atoms with E-state index in [1.807, 2.05) is 23.6 Å². The molecule has 1 aliphatic rings. The maximum Gasteiger partial charge on any atom is 0.347 e. The van der Waals surface area contributed by atoms with Gasteiger partial charge in [0.2, 0.25) is 19.3 Å². The van der Waals surface area contributed by atoms with E-state index in [9.17, 15) is 4.79 Å². The number of hydrogen-bond donors (Lipinski definition) is 0. The maximum atomic E-state index is 11.8. The zero-order valence-corrected chi connectivity index (χ0v) is 15.7. The number of rotatable bonds is 7. The van der Waals surface area contributed by atoms with Gasteiger partial charge in [-0.3, -0.25) is 0 Å². The molecule has 0 atom stereocenters. The van der Waals surface area contributed by atoms with E-state index in [2.05, 4.69) is 10.1 Å². The van der Waals surface area contributed by atoms with Crippen LogP contribution in [0.3, 0.4) is 0 Å². The third-order valence-corrected chi connectivity index (χ3v) is 4.70. The Hall–Kier alpha value is -3.33. The highest BCUT2D eigenvalue weighted by molar-refractivity contribution is 7.13. The third kappa shape index (κ3) is 4.15. The standard InChI is InChI=1S/C19H16N2O6S/c1-12(13-4-5-15-16(7-13)26-11-25-15)21-27-10-18(22)23-8-14-9-24-19(20-14)17-3-2-6-28-17/h2-7,9H,8,10-11H2,1H3/b21-12+. The number of benzene rings is 1. The Morgan fingerprint density at radius 1 is 1.29 bits per heavy atom. The predicted molar refractivity (Wildman–Crippen MR) is 100 cm³/mol. The molecule has 2 aromatic heterocycles. The summed E-state index contributed by atoms with van der Waals surface area (Å²) in [5.74, 6) is 1.29. The molecule has 0 aliphatic carbocycles. The summed E-state index contributed by atoms with van der Waals surface area (Å²) in [5.41, 5.74) is 1.93. The van der Waals surface area contributed by atoms with E-state index < -0.39 is 5.97 Å². The van der Waals surface area contributed by atoms with Crippen LogP contribution in [0.5, 0.6) is 11.5 Å². The van der Waals surface area contributed by atoms with Gasteiger partial charge in [0.15, 0.2) is 11.5 Å². The Morgan fingerprint density at radius 3 is 3.04 bits per heavy atom. The number of oxime groups is 1. The van der Waals surface area contributed by atoms with Gasteiger partial charge in [-0.2, -0.15) is 0 Å². The first-order chi connectivity index (χ1) is 13.7. The molecule has 0 saturated carbocycles. The van der Waals surface area contributed by atoms with E-state index in [0.717, 1.165) is 10.4 Å². The second kappa shape index (κ2) is 8.13. The highest BCUT2D eigenvalue weighted by Gasteiger charge is 2.14. The number of carbonyl (C=O) groups is 1. The lowest BCUT2D eigenvalue weighted by atomic mass is 10.1. The Labute approximate surface area is 164 Å². The van der Waals surface area contributed by atoms with Gasteiger partial charge < -0.3 is 23.5 Å². The highest BCUT2D eigenvalue weighted by Crippen LogP contribution is 2.32. The van der Waals surface area contributed by atoms with E-state index >= 15 is 0 Å². The summed E-state index contributed by atoms with van der Waals surface area (Å²) in [4.78, 5) is 22.1. The van der Waals surface area contributed by atoms with Crippen LogP contribution in [0.15, 0.2) is 51.5 Å². The molecular formula is C19H16N2O6S. The minimum Gasteiger partial charge on any atom is -0.456 e. The van der Waals surface area contributed by atoms with Crippen molar-refractivity contribution in [1.82, 2.24) is 4.98 Å². The summed E-state index contributed by atoms with van der Waals surface area (Å²) < 4.78 is 21.1. The van der Waals surface area contributed by atoms with Gasteiger partial charge >= 0.3 is 5.97 Å². The second-order valence-corrected chi connectivity index (χ2v) is 6.75. The van der Waals surface area contributed by atoms with Gasteiger partial charge in [0.05, 0.1) is 10.6 Å². The van der Waals surface area contributed by atoms with Crippen LogP contribution in [0, 0.1) is 0 Å². The maximum absolute atomic E-state index is 11.8. The van der Waals surface area contributed by atoms with Crippen LogP contribution in [0.1, 0.15) is 18.2 Å². The molecule has 4 rings (SSSR count). The van der Waals surface area contributed by atoms with Crippen molar-refractivity contribution in [2.45, 2.75) is 13.5 Å². The number of ether oxygens (including phenoxy) is 3. The molecule has 0 N–H and O–H groups in total. The lowest BCUT2D eigenvalue weighted by Crippen LogP contribution is -2.11. The number of aromatic nitrogens is 1. The summed E-state index contributed by atoms with van der Waals surface area (Å²) >= 11 is 1.52. The molecule has 8 nitrogen and oxygen atoms in total. The molecule has 0 amide bonds. The Balaban J connectivity index is 1.25. The quantitative estimate of drug-likeness (QED) is 0.340. The number of carbonyl (C=O) groups excluding carboxylic acids is 1. The molecule has 28 heavy (non-hydrogen) atoms. The second-order valence-electron chi connectivity index (χ2n) is 5.80. The number of fused-ring (bicyclic) bond motifs is 1. The van der Waals surface area contributed by atoms with E-state index in [1.165, 1.54) is 17.6 Å². The van der Waals surface area contributed by atoms with Gasteiger partial charge in [-0.25, -0.2) is 9.78 Å². The van der Waals surface area contributed by atoms with Crippen molar-refractivity contribution in [3.63, 3.8) is 0 Å². The monoisotopic (exact) mass is 400 g/mol. The van der Waals surface area contributed by atoms with E-state index in [1.54, 1.807) is 19.1 Å². The molecule has 0 fully saturated rings. The Bertz CT molecular complexity index is 996. The molecule has 9 heteroatoms. The minimum absolute atomic E-state index is 0.00191. The van der Waals surface area contributed by atoms with Gasteiger partial charge in [0.25, 0.3) is 0 Å². The van der Waals surface area contributed by atoms with Crippen LogP contribution in [-0.4, -0.2) is 30.1 Å². The Kier molecular flexibility index (Phi) is 5.24. The largest absolute Gasteiger partial charge is 0.456 e. The Morgan fingerprint density at radius 2 is 2.18 bits per heavy atom. The molecule has 144 valence electrons. The summed E-state index contributed by atoms with van der Waals surface area (Å²) in [6.45, 7) is 1.67. The summed E-state index contributed by atoms with van der Waals surface area (Å²) in [5, 5.41) is 5.87. The van der Waals surface area contributed by atoms with Crippen molar-refractivity contribution in [2.75, 3.05) is 13.4 Å². The molecule has 0 saturated heterocycles.